The molecule has 2 aromatic carbocycles. The van der Waals surface area contributed by atoms with Crippen molar-refractivity contribution in [3.8, 4) is 29.0 Å². The first-order valence-electron chi connectivity index (χ1n) is 12.4. The number of nitrogens with two attached hydrogens (primary N) is 1. The molecule has 3 N–H and O–H groups in total. The van der Waals surface area contributed by atoms with E-state index in [0.29, 0.717) is 35.2 Å². The fourth-order valence-corrected chi connectivity index (χ4v) is 5.97. The molecule has 1 aliphatic carbocycles. The van der Waals surface area contributed by atoms with Crippen molar-refractivity contribution in [2.75, 3.05) is 16.2 Å². The number of nitrogens with zero attached hydrogens (tertiary/aromatic N) is 3. The van der Waals surface area contributed by atoms with Gasteiger partial charge in [-0.25, -0.2) is 13.4 Å². The molecule has 2 heterocycles. The highest BCUT2D eigenvalue weighted by molar-refractivity contribution is 7.92. The Morgan fingerprint density at radius 3 is 2.70 bits per heavy atom. The highest BCUT2D eigenvalue weighted by Gasteiger charge is 2.28. The van der Waals surface area contributed by atoms with Gasteiger partial charge in [0.1, 0.15) is 17.4 Å². The molecule has 1 fully saturated rings. The van der Waals surface area contributed by atoms with E-state index in [4.69, 9.17) is 10.5 Å². The van der Waals surface area contributed by atoms with Gasteiger partial charge in [-0.2, -0.15) is 5.26 Å². The molecule has 0 saturated heterocycles. The maximum atomic E-state index is 12.3. The van der Waals surface area contributed by atoms with E-state index in [9.17, 15) is 13.7 Å². The number of aryl methyl sites for hydroxylation is 1. The lowest BCUT2D eigenvalue weighted by Crippen LogP contribution is -2.18. The zero-order valence-electron chi connectivity index (χ0n) is 20.9. The van der Waals surface area contributed by atoms with Gasteiger partial charge in [-0.3, -0.25) is 4.72 Å². The molecule has 0 bridgehead atoms. The fraction of sp³-hybridized carbons (Fsp3) is 0.286. The summed E-state index contributed by atoms with van der Waals surface area (Å²) in [6, 6.07) is 17.1. The number of aromatic nitrogens is 2. The van der Waals surface area contributed by atoms with Crippen LogP contribution < -0.4 is 15.2 Å². The summed E-state index contributed by atoms with van der Waals surface area (Å²) in [6.45, 7) is 3.80. The van der Waals surface area contributed by atoms with Crippen LogP contribution >= 0.6 is 0 Å². The van der Waals surface area contributed by atoms with Crippen LogP contribution in [0.15, 0.2) is 54.7 Å². The van der Waals surface area contributed by atoms with Crippen LogP contribution in [0.2, 0.25) is 0 Å². The Labute approximate surface area is 216 Å². The SMILES string of the molecule is CCCS(=O)(=O)Nc1ccc(-c2c(N)c3ccc(Oc4ncccc4C#N)cc3n2C2CCC2)c(C)c1. The number of pyridine rings is 1. The molecule has 0 radical (unpaired) electrons. The predicted octanol–water partition coefficient (Wildman–Crippen LogP) is 6.13. The number of nitrogen functional groups attached to an aromatic ring is 1. The summed E-state index contributed by atoms with van der Waals surface area (Å²) in [6.07, 6.45) is 5.39. The Kier molecular flexibility index (Phi) is 6.52. The minimum Gasteiger partial charge on any atom is -0.438 e. The van der Waals surface area contributed by atoms with Gasteiger partial charge in [-0.05, 0) is 74.6 Å². The normalized spacial score (nSPS) is 13.8. The van der Waals surface area contributed by atoms with Crippen molar-refractivity contribution >= 4 is 32.3 Å². The Hall–Kier alpha value is -4.03. The summed E-state index contributed by atoms with van der Waals surface area (Å²) in [5.74, 6) is 0.913. The molecule has 5 rings (SSSR count). The molecule has 0 aliphatic heterocycles. The number of nitrogens with one attached hydrogen (secondary N) is 1. The number of ether oxygens (including phenoxy) is 1. The second-order valence-electron chi connectivity index (χ2n) is 9.42. The van der Waals surface area contributed by atoms with Crippen LogP contribution in [0.5, 0.6) is 11.6 Å². The van der Waals surface area contributed by atoms with Crippen molar-refractivity contribution < 1.29 is 13.2 Å². The summed E-state index contributed by atoms with van der Waals surface area (Å²) >= 11 is 0. The molecule has 4 aromatic rings. The summed E-state index contributed by atoms with van der Waals surface area (Å²) in [7, 11) is -3.38. The largest absolute Gasteiger partial charge is 0.438 e. The van der Waals surface area contributed by atoms with E-state index < -0.39 is 10.0 Å². The Morgan fingerprint density at radius 2 is 2.03 bits per heavy atom. The summed E-state index contributed by atoms with van der Waals surface area (Å²) < 4.78 is 35.5. The molecular weight excluding hydrogens is 486 g/mol. The van der Waals surface area contributed by atoms with E-state index in [1.54, 1.807) is 24.4 Å². The number of benzene rings is 2. The first kappa shape index (κ1) is 24.7. The van der Waals surface area contributed by atoms with Gasteiger partial charge >= 0.3 is 0 Å². The molecule has 0 unspecified atom stereocenters. The first-order chi connectivity index (χ1) is 17.8. The molecule has 9 heteroatoms. The monoisotopic (exact) mass is 515 g/mol. The van der Waals surface area contributed by atoms with E-state index in [1.807, 2.05) is 44.2 Å². The number of nitriles is 1. The van der Waals surface area contributed by atoms with Gasteiger partial charge in [0.2, 0.25) is 15.9 Å². The molecule has 0 atom stereocenters. The lowest BCUT2D eigenvalue weighted by Gasteiger charge is -2.30. The van der Waals surface area contributed by atoms with Crippen molar-refractivity contribution in [3.63, 3.8) is 0 Å². The van der Waals surface area contributed by atoms with Crippen LogP contribution in [0.3, 0.4) is 0 Å². The van der Waals surface area contributed by atoms with Crippen molar-refractivity contribution in [1.82, 2.24) is 9.55 Å². The van der Waals surface area contributed by atoms with Crippen LogP contribution in [0.4, 0.5) is 11.4 Å². The quantitative estimate of drug-likeness (QED) is 0.291. The van der Waals surface area contributed by atoms with Crippen LogP contribution in [0.1, 0.15) is 49.8 Å². The van der Waals surface area contributed by atoms with Crippen molar-refractivity contribution in [3.05, 3.63) is 65.9 Å². The van der Waals surface area contributed by atoms with Crippen molar-refractivity contribution in [2.24, 2.45) is 0 Å². The predicted molar refractivity (Wildman–Crippen MR) is 146 cm³/mol. The first-order valence-corrected chi connectivity index (χ1v) is 14.0. The van der Waals surface area contributed by atoms with Crippen LogP contribution in [-0.2, 0) is 10.0 Å². The average molecular weight is 516 g/mol. The molecule has 1 saturated carbocycles. The van der Waals surface area contributed by atoms with Gasteiger partial charge < -0.3 is 15.0 Å². The number of anilines is 2. The number of hydrogen-bond acceptors (Lipinski definition) is 6. The van der Waals surface area contributed by atoms with E-state index >= 15 is 0 Å². The molecule has 2 aromatic heterocycles. The van der Waals surface area contributed by atoms with Crippen LogP contribution in [-0.4, -0.2) is 23.7 Å². The minimum absolute atomic E-state index is 0.0788. The molecule has 1 aliphatic rings. The van der Waals surface area contributed by atoms with Gasteiger partial charge in [-0.1, -0.05) is 13.0 Å². The second kappa shape index (κ2) is 9.79. The van der Waals surface area contributed by atoms with Crippen LogP contribution in [0, 0.1) is 18.3 Å². The smallest absolute Gasteiger partial charge is 0.237 e. The zero-order chi connectivity index (χ0) is 26.2. The average Bonchev–Trinajstić information content (AvgIpc) is 3.09. The van der Waals surface area contributed by atoms with Gasteiger partial charge in [0.25, 0.3) is 0 Å². The van der Waals surface area contributed by atoms with Gasteiger partial charge in [-0.15, -0.1) is 0 Å². The van der Waals surface area contributed by atoms with E-state index in [1.165, 1.54) is 0 Å². The molecule has 0 amide bonds. The van der Waals surface area contributed by atoms with E-state index in [-0.39, 0.29) is 11.6 Å². The third kappa shape index (κ3) is 4.72. The number of fused-ring (bicyclic) bond motifs is 1. The fourth-order valence-electron chi connectivity index (χ4n) is 4.84. The second-order valence-corrected chi connectivity index (χ2v) is 11.3. The maximum Gasteiger partial charge on any atom is 0.237 e. The molecule has 37 heavy (non-hydrogen) atoms. The third-order valence-corrected chi connectivity index (χ3v) is 8.28. The van der Waals surface area contributed by atoms with Crippen molar-refractivity contribution in [2.45, 2.75) is 45.6 Å². The molecular formula is C28H29N5O3S. The Morgan fingerprint density at radius 1 is 1.22 bits per heavy atom. The molecule has 190 valence electrons. The topological polar surface area (TPSA) is 123 Å². The molecule has 0 spiro atoms. The van der Waals surface area contributed by atoms with Gasteiger partial charge in [0, 0.05) is 34.9 Å². The highest BCUT2D eigenvalue weighted by Crippen LogP contribution is 2.46. The Balaban J connectivity index is 1.59. The zero-order valence-corrected chi connectivity index (χ0v) is 21.7. The lowest BCUT2D eigenvalue weighted by atomic mass is 9.92. The molecule has 8 nitrogen and oxygen atoms in total. The maximum absolute atomic E-state index is 12.3. The van der Waals surface area contributed by atoms with Gasteiger partial charge in [0.05, 0.1) is 22.7 Å². The van der Waals surface area contributed by atoms with Gasteiger partial charge in [0.15, 0.2) is 0 Å². The summed E-state index contributed by atoms with van der Waals surface area (Å²) in [4.78, 5) is 4.21. The van der Waals surface area contributed by atoms with E-state index in [2.05, 4.69) is 20.3 Å². The van der Waals surface area contributed by atoms with Crippen LogP contribution in [0.25, 0.3) is 22.2 Å². The Bertz CT molecular complexity index is 1630. The lowest BCUT2D eigenvalue weighted by molar-refractivity contribution is 0.324. The van der Waals surface area contributed by atoms with E-state index in [0.717, 1.165) is 47.0 Å². The third-order valence-electron chi connectivity index (χ3n) is 6.79. The van der Waals surface area contributed by atoms with Crippen molar-refractivity contribution in [1.29, 1.82) is 5.26 Å². The standard InChI is InChI=1S/C28H29N5O3S/c1-3-14-37(34,35)32-20-9-11-23(18(2)15-20)27-26(30)24-12-10-22(16-25(24)33(27)21-7-4-8-21)36-28-19(17-29)6-5-13-31-28/h5-6,9-13,15-16,21,32H,3-4,7-8,14,30H2,1-2H3. The minimum atomic E-state index is -3.38. The highest BCUT2D eigenvalue weighted by atomic mass is 32.2. The number of sulfonamides is 1. The summed E-state index contributed by atoms with van der Waals surface area (Å²) in [5.41, 5.74) is 12.1. The number of hydrogen-bond donors (Lipinski definition) is 2. The number of rotatable bonds is 8. The summed E-state index contributed by atoms with van der Waals surface area (Å²) in [5, 5.41) is 10.3.